The van der Waals surface area contributed by atoms with Crippen molar-refractivity contribution in [3.63, 3.8) is 0 Å². The number of nitrogens with zero attached hydrogens (tertiary/aromatic N) is 2. The van der Waals surface area contributed by atoms with Crippen molar-refractivity contribution in [2.45, 2.75) is 65.0 Å². The van der Waals surface area contributed by atoms with Crippen molar-refractivity contribution in [1.82, 2.24) is 4.90 Å². The van der Waals surface area contributed by atoms with Gasteiger partial charge in [0.15, 0.2) is 0 Å². The molecule has 0 fully saturated rings. The van der Waals surface area contributed by atoms with Crippen LogP contribution in [0.15, 0.2) is 42.7 Å². The molecule has 1 aromatic rings. The summed E-state index contributed by atoms with van der Waals surface area (Å²) in [7, 11) is 0. The smallest absolute Gasteiger partial charge is 0.105 e. The highest BCUT2D eigenvalue weighted by atomic mass is 15.4. The Morgan fingerprint density at radius 1 is 0.857 bits per heavy atom. The molecule has 1 aliphatic heterocycles. The Hall–Kier alpha value is -1.44. The van der Waals surface area contributed by atoms with Crippen LogP contribution < -0.4 is 4.90 Å². The van der Waals surface area contributed by atoms with Crippen molar-refractivity contribution >= 4 is 5.69 Å². The van der Waals surface area contributed by atoms with Gasteiger partial charge in [0.1, 0.15) is 6.17 Å². The second-order valence-corrected chi connectivity index (χ2v) is 5.96. The van der Waals surface area contributed by atoms with Crippen LogP contribution in [-0.2, 0) is 0 Å². The molecule has 1 unspecified atom stereocenters. The quantitative estimate of drug-likeness (QED) is 0.563. The normalized spacial score (nSPS) is 17.7. The Morgan fingerprint density at radius 2 is 1.62 bits per heavy atom. The second-order valence-electron chi connectivity index (χ2n) is 5.96. The van der Waals surface area contributed by atoms with Crippen LogP contribution >= 0.6 is 0 Å². The summed E-state index contributed by atoms with van der Waals surface area (Å²) in [6.07, 6.45) is 14.2. The number of benzene rings is 1. The average Bonchev–Trinajstić information content (AvgIpc) is 2.93. The third-order valence-electron chi connectivity index (χ3n) is 4.26. The van der Waals surface area contributed by atoms with E-state index in [1.165, 1.54) is 57.2 Å². The third kappa shape index (κ3) is 4.52. The van der Waals surface area contributed by atoms with E-state index in [9.17, 15) is 0 Å². The molecule has 0 aromatic heterocycles. The maximum atomic E-state index is 2.53. The summed E-state index contributed by atoms with van der Waals surface area (Å²) in [6.45, 7) is 5.72. The molecule has 1 heterocycles. The van der Waals surface area contributed by atoms with Crippen molar-refractivity contribution in [2.75, 3.05) is 11.4 Å². The van der Waals surface area contributed by atoms with Crippen LogP contribution in [0.25, 0.3) is 0 Å². The van der Waals surface area contributed by atoms with Gasteiger partial charge in [-0.05, 0) is 31.4 Å². The molecule has 116 valence electrons. The van der Waals surface area contributed by atoms with Crippen LogP contribution in [0.1, 0.15) is 58.8 Å². The van der Waals surface area contributed by atoms with Crippen molar-refractivity contribution < 1.29 is 0 Å². The zero-order valence-electron chi connectivity index (χ0n) is 13.7. The first-order valence-electron chi connectivity index (χ1n) is 8.64. The van der Waals surface area contributed by atoms with E-state index >= 15 is 0 Å². The van der Waals surface area contributed by atoms with Crippen LogP contribution in [0.5, 0.6) is 0 Å². The minimum atomic E-state index is 0.510. The van der Waals surface area contributed by atoms with Crippen LogP contribution in [-0.4, -0.2) is 17.6 Å². The summed E-state index contributed by atoms with van der Waals surface area (Å²) in [4.78, 5) is 4.98. The number of hydrogen-bond acceptors (Lipinski definition) is 2. The second kappa shape index (κ2) is 8.76. The van der Waals surface area contributed by atoms with E-state index in [0.717, 1.165) is 0 Å². The lowest BCUT2D eigenvalue weighted by molar-refractivity contribution is 0.275. The van der Waals surface area contributed by atoms with Crippen molar-refractivity contribution in [2.24, 2.45) is 0 Å². The maximum Gasteiger partial charge on any atom is 0.105 e. The van der Waals surface area contributed by atoms with Gasteiger partial charge in [-0.25, -0.2) is 0 Å². The highest BCUT2D eigenvalue weighted by Crippen LogP contribution is 2.27. The van der Waals surface area contributed by atoms with E-state index in [1.807, 2.05) is 0 Å². The van der Waals surface area contributed by atoms with Crippen LogP contribution in [0.2, 0.25) is 0 Å². The molecule has 0 bridgehead atoms. The fraction of sp³-hybridized carbons (Fsp3) is 0.579. The van der Waals surface area contributed by atoms with Gasteiger partial charge in [-0.2, -0.15) is 0 Å². The molecular formula is C19H30N2. The fourth-order valence-corrected chi connectivity index (χ4v) is 3.00. The maximum absolute atomic E-state index is 2.53. The predicted molar refractivity (Wildman–Crippen MR) is 92.2 cm³/mol. The first-order chi connectivity index (χ1) is 10.4. The van der Waals surface area contributed by atoms with Gasteiger partial charge in [-0.15, -0.1) is 0 Å². The van der Waals surface area contributed by atoms with Crippen LogP contribution in [0.4, 0.5) is 5.69 Å². The van der Waals surface area contributed by atoms with Gasteiger partial charge >= 0.3 is 0 Å². The molecule has 0 radical (unpaired) electrons. The van der Waals surface area contributed by atoms with E-state index in [2.05, 4.69) is 66.4 Å². The SMILES string of the molecule is CCCCCCC1N(CCCC)C=CN1c1ccccc1. The van der Waals surface area contributed by atoms with Gasteiger partial charge in [0.2, 0.25) is 0 Å². The molecule has 2 rings (SSSR count). The number of anilines is 1. The van der Waals surface area contributed by atoms with Gasteiger partial charge < -0.3 is 9.80 Å². The standard InChI is InChI=1S/C19H30N2/c1-3-5-7-11-14-19-20(15-6-4-2)16-17-21(19)18-12-9-8-10-13-18/h8-10,12-13,16-17,19H,3-7,11,14-15H2,1-2H3. The van der Waals surface area contributed by atoms with E-state index in [4.69, 9.17) is 0 Å². The van der Waals surface area contributed by atoms with Crippen LogP contribution in [0.3, 0.4) is 0 Å². The number of unbranched alkanes of at least 4 members (excludes halogenated alkanes) is 4. The number of rotatable bonds is 9. The number of hydrogen-bond donors (Lipinski definition) is 0. The van der Waals surface area contributed by atoms with Crippen molar-refractivity contribution in [3.8, 4) is 0 Å². The van der Waals surface area contributed by atoms with E-state index in [-0.39, 0.29) is 0 Å². The molecular weight excluding hydrogens is 256 g/mol. The molecule has 0 aliphatic carbocycles. The van der Waals surface area contributed by atoms with Gasteiger partial charge in [-0.1, -0.05) is 57.7 Å². The largest absolute Gasteiger partial charge is 0.356 e. The fourth-order valence-electron chi connectivity index (χ4n) is 3.00. The highest BCUT2D eigenvalue weighted by Gasteiger charge is 2.26. The Kier molecular flexibility index (Phi) is 6.65. The minimum absolute atomic E-state index is 0.510. The van der Waals surface area contributed by atoms with Gasteiger partial charge in [0, 0.05) is 24.6 Å². The van der Waals surface area contributed by atoms with Gasteiger partial charge in [-0.3, -0.25) is 0 Å². The molecule has 0 spiro atoms. The molecule has 1 aromatic carbocycles. The lowest BCUT2D eigenvalue weighted by Crippen LogP contribution is -2.39. The summed E-state index contributed by atoms with van der Waals surface area (Å²) in [5.41, 5.74) is 1.31. The summed E-state index contributed by atoms with van der Waals surface area (Å²) in [5.74, 6) is 0. The monoisotopic (exact) mass is 286 g/mol. The predicted octanol–water partition coefficient (Wildman–Crippen LogP) is 5.38. The topological polar surface area (TPSA) is 6.48 Å². The zero-order valence-corrected chi connectivity index (χ0v) is 13.7. The number of para-hydroxylation sites is 1. The summed E-state index contributed by atoms with van der Waals surface area (Å²) in [6, 6.07) is 10.8. The molecule has 2 nitrogen and oxygen atoms in total. The van der Waals surface area contributed by atoms with Gasteiger partial charge in [0.25, 0.3) is 0 Å². The first-order valence-corrected chi connectivity index (χ1v) is 8.64. The molecule has 21 heavy (non-hydrogen) atoms. The Morgan fingerprint density at radius 3 is 2.33 bits per heavy atom. The lowest BCUT2D eigenvalue weighted by atomic mass is 10.1. The van der Waals surface area contributed by atoms with E-state index < -0.39 is 0 Å². The third-order valence-corrected chi connectivity index (χ3v) is 4.26. The molecule has 1 atom stereocenters. The highest BCUT2D eigenvalue weighted by molar-refractivity contribution is 5.51. The molecule has 1 aliphatic rings. The van der Waals surface area contributed by atoms with E-state index in [1.54, 1.807) is 0 Å². The molecule has 0 amide bonds. The van der Waals surface area contributed by atoms with Crippen molar-refractivity contribution in [3.05, 3.63) is 42.7 Å². The van der Waals surface area contributed by atoms with Crippen molar-refractivity contribution in [1.29, 1.82) is 0 Å². The lowest BCUT2D eigenvalue weighted by Gasteiger charge is -2.33. The zero-order chi connectivity index (χ0) is 14.9. The summed E-state index contributed by atoms with van der Waals surface area (Å²) < 4.78 is 0. The Balaban J connectivity index is 1.99. The Labute approximate surface area is 130 Å². The first kappa shape index (κ1) is 15.9. The van der Waals surface area contributed by atoms with Gasteiger partial charge in [0.05, 0.1) is 0 Å². The van der Waals surface area contributed by atoms with Crippen LogP contribution in [0, 0.1) is 0 Å². The van der Waals surface area contributed by atoms with E-state index in [0.29, 0.717) is 6.17 Å². The summed E-state index contributed by atoms with van der Waals surface area (Å²) in [5, 5.41) is 0. The molecule has 0 saturated heterocycles. The molecule has 0 saturated carbocycles. The Bertz CT molecular complexity index is 413. The summed E-state index contributed by atoms with van der Waals surface area (Å²) >= 11 is 0. The minimum Gasteiger partial charge on any atom is -0.356 e. The average molecular weight is 286 g/mol. The molecule has 0 N–H and O–H groups in total. The molecule has 2 heteroatoms.